The highest BCUT2D eigenvalue weighted by molar-refractivity contribution is 7.86. The first-order chi connectivity index (χ1) is 29.9. The Morgan fingerprint density at radius 1 is 0.828 bits per heavy atom. The van der Waals surface area contributed by atoms with Gasteiger partial charge in [0.1, 0.15) is 23.9 Å². The first kappa shape index (κ1) is 48.5. The van der Waals surface area contributed by atoms with E-state index in [0.29, 0.717) is 74.4 Å². The molecular formula is C45H54BFN3O11S3+. The van der Waals surface area contributed by atoms with Crippen LogP contribution >= 0.6 is 0 Å². The Bertz CT molecular complexity index is 2830. The first-order valence-electron chi connectivity index (χ1n) is 21.0. The van der Waals surface area contributed by atoms with Crippen LogP contribution in [0.15, 0.2) is 117 Å². The van der Waals surface area contributed by atoms with E-state index in [1.54, 1.807) is 26.2 Å². The molecule has 64 heavy (non-hydrogen) atoms. The first-order valence-corrected chi connectivity index (χ1v) is 25.5. The van der Waals surface area contributed by atoms with Gasteiger partial charge in [-0.15, -0.1) is 0 Å². The molecule has 4 N–H and O–H groups in total. The summed E-state index contributed by atoms with van der Waals surface area (Å²) in [6, 6.07) is 14.5. The van der Waals surface area contributed by atoms with Crippen molar-refractivity contribution in [2.75, 3.05) is 23.7 Å². The molecule has 0 aromatic heterocycles. The van der Waals surface area contributed by atoms with Gasteiger partial charge in [-0.1, -0.05) is 19.9 Å². The van der Waals surface area contributed by atoms with Crippen LogP contribution in [0.3, 0.4) is 0 Å². The molecule has 19 heteroatoms. The highest BCUT2D eigenvalue weighted by atomic mass is 32.2. The summed E-state index contributed by atoms with van der Waals surface area (Å²) in [5.41, 5.74) is 4.81. The molecule has 0 saturated carbocycles. The van der Waals surface area contributed by atoms with Crippen LogP contribution in [0.4, 0.5) is 15.8 Å². The second-order valence-corrected chi connectivity index (χ2v) is 21.6. The fourth-order valence-corrected chi connectivity index (χ4v) is 10.2. The normalized spacial score (nSPS) is 18.6. The van der Waals surface area contributed by atoms with Crippen molar-refractivity contribution in [2.24, 2.45) is 0 Å². The lowest BCUT2D eigenvalue weighted by molar-refractivity contribution is -0.438. The van der Waals surface area contributed by atoms with E-state index in [9.17, 15) is 48.1 Å². The summed E-state index contributed by atoms with van der Waals surface area (Å²) in [7, 11) is -11.6. The third kappa shape index (κ3) is 10.9. The predicted molar refractivity (Wildman–Crippen MR) is 245 cm³/mol. The van der Waals surface area contributed by atoms with Gasteiger partial charge < -0.3 is 14.9 Å². The minimum absolute atomic E-state index is 0.0482. The molecule has 0 bridgehead atoms. The predicted octanol–water partition coefficient (Wildman–Crippen LogP) is 6.88. The van der Waals surface area contributed by atoms with Crippen molar-refractivity contribution < 1.29 is 57.4 Å². The maximum atomic E-state index is 14.7. The number of hydrogen-bond acceptors (Lipinski definition) is 9. The van der Waals surface area contributed by atoms with Gasteiger partial charge in [-0.05, 0) is 136 Å². The quantitative estimate of drug-likeness (QED) is 0.0473. The van der Waals surface area contributed by atoms with Crippen molar-refractivity contribution >= 4 is 61.3 Å². The number of anilines is 1. The number of rotatable bonds is 17. The molecule has 0 spiro atoms. The Hall–Kier alpha value is -4.92. The van der Waals surface area contributed by atoms with Crippen LogP contribution in [0.2, 0.25) is 0 Å². The number of carbonyl (C=O) groups is 1. The summed E-state index contributed by atoms with van der Waals surface area (Å²) >= 11 is 0. The number of nitrogens with one attached hydrogen (secondary N) is 1. The fraction of sp³-hybridized carbons (Fsp3) is 0.378. The fourth-order valence-electron chi connectivity index (χ4n) is 8.69. The summed E-state index contributed by atoms with van der Waals surface area (Å²) in [6.07, 6.45) is 11.9. The zero-order chi connectivity index (χ0) is 46.8. The van der Waals surface area contributed by atoms with E-state index in [0.717, 1.165) is 40.2 Å². The standard InChI is InChI=1S/C45H53BFN3O11S3/c1-44(2)36-28-32(47)15-21-38(36)49(25-6-5-12-42(51)48-46)40(44)23-13-30-10-9-11-31(43(30)61-33-16-18-34(19-17-33)63(55,56)57)14-24-41-45(3,4)37-29-35(64(58,59)60)20-22-39(37)50(41)26-7-8-27-62(52,53)54/h13-24,28-29H,5-12,25-27,46H2,1-4H3,(H3-,48,51,52,53,54,55,56,57,58,59,60)/p+1. The summed E-state index contributed by atoms with van der Waals surface area (Å²) in [5.74, 6) is -0.0279. The molecule has 0 atom stereocenters. The highest BCUT2D eigenvalue weighted by Gasteiger charge is 2.45. The lowest BCUT2D eigenvalue weighted by Gasteiger charge is -2.27. The van der Waals surface area contributed by atoms with Crippen LogP contribution in [0.25, 0.3) is 0 Å². The molecule has 3 aliphatic rings. The molecule has 3 aromatic carbocycles. The Labute approximate surface area is 376 Å². The van der Waals surface area contributed by atoms with Crippen molar-refractivity contribution in [3.05, 3.63) is 125 Å². The molecule has 0 unspecified atom stereocenters. The molecule has 342 valence electrons. The number of hydrogen-bond donors (Lipinski definition) is 4. The molecule has 14 nitrogen and oxygen atoms in total. The van der Waals surface area contributed by atoms with Crippen molar-refractivity contribution in [2.45, 2.75) is 99.7 Å². The van der Waals surface area contributed by atoms with E-state index in [-0.39, 0.29) is 27.9 Å². The molecule has 0 radical (unpaired) electrons. The van der Waals surface area contributed by atoms with Crippen LogP contribution in [0.1, 0.15) is 90.2 Å². The molecule has 0 fully saturated rings. The molecule has 0 saturated heterocycles. The number of nitrogens with zero attached hydrogens (tertiary/aromatic N) is 2. The van der Waals surface area contributed by atoms with Crippen molar-refractivity contribution in [1.82, 2.24) is 5.23 Å². The van der Waals surface area contributed by atoms with Crippen LogP contribution in [-0.2, 0) is 46.0 Å². The Kier molecular flexibility index (Phi) is 14.3. The minimum Gasteiger partial charge on any atom is -0.457 e. The monoisotopic (exact) mass is 938 g/mol. The number of fused-ring (bicyclic) bond motifs is 2. The smallest absolute Gasteiger partial charge is 0.294 e. The topological polar surface area (TPSA) is 208 Å². The van der Waals surface area contributed by atoms with Crippen LogP contribution in [-0.4, -0.2) is 81.9 Å². The third-order valence-corrected chi connectivity index (χ3v) is 14.6. The number of benzene rings is 3. The number of unbranched alkanes of at least 4 members (excludes halogenated alkanes) is 2. The van der Waals surface area contributed by atoms with E-state index >= 15 is 0 Å². The van der Waals surface area contributed by atoms with Crippen molar-refractivity contribution in [3.63, 3.8) is 0 Å². The molecule has 3 aromatic rings. The van der Waals surface area contributed by atoms with Gasteiger partial charge in [-0.3, -0.25) is 18.5 Å². The minimum atomic E-state index is -4.54. The summed E-state index contributed by atoms with van der Waals surface area (Å²) in [6.45, 7) is 8.79. The van der Waals surface area contributed by atoms with Crippen LogP contribution in [0.5, 0.6) is 5.75 Å². The summed E-state index contributed by atoms with van der Waals surface area (Å²) in [5, 5.41) is 2.65. The lowest BCUT2D eigenvalue weighted by atomic mass is 9.81. The molecule has 2 heterocycles. The SMILES string of the molecule is BNC(=O)CCCC[N+]1=C(/C=C/C2=C(Oc3ccc(S(=O)(=O)O)cc3)C(=C/C=C3/N(CCCCS(=O)(=O)O)c4ccc(S(=O)(=O)O)cc4C3(C)C)/CCC2)C(C)(C)c2cc(F)ccc21. The number of amides is 1. The molecule has 1 aliphatic carbocycles. The lowest BCUT2D eigenvalue weighted by Crippen LogP contribution is -2.28. The van der Waals surface area contributed by atoms with E-state index in [1.807, 2.05) is 56.9 Å². The van der Waals surface area contributed by atoms with Crippen molar-refractivity contribution in [1.29, 1.82) is 0 Å². The number of allylic oxidation sites excluding steroid dienone is 7. The Morgan fingerprint density at radius 3 is 2.17 bits per heavy atom. The number of halogens is 1. The maximum Gasteiger partial charge on any atom is 0.294 e. The van der Waals surface area contributed by atoms with Crippen molar-refractivity contribution in [3.8, 4) is 5.75 Å². The second kappa shape index (κ2) is 18.9. The molecule has 2 aliphatic heterocycles. The molecular weight excluding hydrogens is 885 g/mol. The van der Waals surface area contributed by atoms with Gasteiger partial charge in [0.2, 0.25) is 19.6 Å². The largest absolute Gasteiger partial charge is 0.457 e. The highest BCUT2D eigenvalue weighted by Crippen LogP contribution is 2.49. The van der Waals surface area contributed by atoms with E-state index in [2.05, 4.69) is 9.80 Å². The van der Waals surface area contributed by atoms with Gasteiger partial charge in [0.05, 0.1) is 21.0 Å². The van der Waals surface area contributed by atoms with Gasteiger partial charge in [0.15, 0.2) is 5.71 Å². The van der Waals surface area contributed by atoms with E-state index in [1.165, 1.54) is 42.5 Å². The van der Waals surface area contributed by atoms with Gasteiger partial charge in [0.25, 0.3) is 30.4 Å². The van der Waals surface area contributed by atoms with Gasteiger partial charge in [-0.2, -0.15) is 29.8 Å². The van der Waals surface area contributed by atoms with E-state index < -0.39 is 46.9 Å². The third-order valence-electron chi connectivity index (χ3n) is 12.1. The zero-order valence-corrected chi connectivity index (χ0v) is 38.9. The van der Waals surface area contributed by atoms with Gasteiger partial charge >= 0.3 is 0 Å². The molecule has 1 amide bonds. The number of carbonyl (C=O) groups excluding carboxylic acids is 1. The second-order valence-electron chi connectivity index (χ2n) is 17.2. The Balaban J connectivity index is 1.46. The Morgan fingerprint density at radius 2 is 1.52 bits per heavy atom. The van der Waals surface area contributed by atoms with Gasteiger partial charge in [-0.25, -0.2) is 4.39 Å². The number of ether oxygens (including phenoxy) is 1. The molecule has 6 rings (SSSR count). The zero-order valence-electron chi connectivity index (χ0n) is 36.5. The average Bonchev–Trinajstić information content (AvgIpc) is 3.56. The van der Waals surface area contributed by atoms with Crippen LogP contribution < -0.4 is 14.9 Å². The summed E-state index contributed by atoms with van der Waals surface area (Å²) in [4.78, 5) is 13.4. The van der Waals surface area contributed by atoms with Crippen LogP contribution in [0, 0.1) is 5.82 Å². The summed E-state index contributed by atoms with van der Waals surface area (Å²) < 4.78 is 124. The van der Waals surface area contributed by atoms with E-state index in [4.69, 9.17) is 4.74 Å². The van der Waals surface area contributed by atoms with Gasteiger partial charge in [0, 0.05) is 53.9 Å². The maximum absolute atomic E-state index is 14.7. The average molecular weight is 939 g/mol.